The lowest BCUT2D eigenvalue weighted by Crippen LogP contribution is -2.17. The minimum Gasteiger partial charge on any atom is -0.305 e. The summed E-state index contributed by atoms with van der Waals surface area (Å²) in [5.41, 5.74) is 2.68. The summed E-state index contributed by atoms with van der Waals surface area (Å²) in [6.07, 6.45) is 0. The van der Waals surface area contributed by atoms with Crippen LogP contribution in [0.2, 0.25) is 4.34 Å². The molecule has 0 saturated carbocycles. The molecule has 2 aromatic rings. The van der Waals surface area contributed by atoms with Gasteiger partial charge in [0.15, 0.2) is 0 Å². The van der Waals surface area contributed by atoms with Gasteiger partial charge < -0.3 is 5.32 Å². The number of aryl methyl sites for hydroxylation is 1. The van der Waals surface area contributed by atoms with E-state index in [1.807, 2.05) is 6.07 Å². The van der Waals surface area contributed by atoms with Crippen molar-refractivity contribution >= 4 is 22.9 Å². The molecule has 1 atom stereocenters. The van der Waals surface area contributed by atoms with Gasteiger partial charge in [0.1, 0.15) is 0 Å². The lowest BCUT2D eigenvalue weighted by Gasteiger charge is -2.13. The number of benzene rings is 1. The number of rotatable bonds is 4. The molecule has 0 bridgehead atoms. The molecule has 0 aliphatic heterocycles. The molecule has 0 fully saturated rings. The fourth-order valence-corrected chi connectivity index (χ4v) is 2.82. The molecule has 1 aromatic carbocycles. The number of halogens is 1. The molecule has 17 heavy (non-hydrogen) atoms. The van der Waals surface area contributed by atoms with Gasteiger partial charge in [-0.2, -0.15) is 0 Å². The van der Waals surface area contributed by atoms with Gasteiger partial charge in [-0.05, 0) is 37.1 Å². The van der Waals surface area contributed by atoms with Crippen molar-refractivity contribution < 1.29 is 0 Å². The molecule has 0 aliphatic rings. The average Bonchev–Trinajstić information content (AvgIpc) is 2.74. The molecular weight excluding hydrogens is 250 g/mol. The van der Waals surface area contributed by atoms with Crippen LogP contribution in [0.1, 0.15) is 29.0 Å². The van der Waals surface area contributed by atoms with Crippen molar-refractivity contribution in [2.45, 2.75) is 26.4 Å². The zero-order chi connectivity index (χ0) is 12.3. The molecule has 1 unspecified atom stereocenters. The van der Waals surface area contributed by atoms with Crippen LogP contribution in [0.4, 0.5) is 0 Å². The zero-order valence-corrected chi connectivity index (χ0v) is 11.6. The maximum Gasteiger partial charge on any atom is 0.0931 e. The smallest absolute Gasteiger partial charge is 0.0931 e. The Morgan fingerprint density at radius 1 is 1.24 bits per heavy atom. The van der Waals surface area contributed by atoms with Gasteiger partial charge in [0.25, 0.3) is 0 Å². The van der Waals surface area contributed by atoms with E-state index in [1.54, 1.807) is 11.3 Å². The predicted molar refractivity (Wildman–Crippen MR) is 75.8 cm³/mol. The van der Waals surface area contributed by atoms with E-state index in [2.05, 4.69) is 49.5 Å². The third-order valence-electron chi connectivity index (χ3n) is 2.88. The SMILES string of the molecule is Cc1ccccc1CNC(C)c1ccc(Cl)s1. The summed E-state index contributed by atoms with van der Waals surface area (Å²) in [4.78, 5) is 1.28. The highest BCUT2D eigenvalue weighted by Gasteiger charge is 2.07. The lowest BCUT2D eigenvalue weighted by atomic mass is 10.1. The summed E-state index contributed by atoms with van der Waals surface area (Å²) in [6, 6.07) is 12.8. The van der Waals surface area contributed by atoms with Gasteiger partial charge >= 0.3 is 0 Å². The first-order valence-corrected chi connectivity index (χ1v) is 6.89. The van der Waals surface area contributed by atoms with Crippen LogP contribution in [-0.2, 0) is 6.54 Å². The summed E-state index contributed by atoms with van der Waals surface area (Å²) in [5, 5.41) is 3.52. The van der Waals surface area contributed by atoms with Crippen molar-refractivity contribution in [1.82, 2.24) is 5.32 Å². The van der Waals surface area contributed by atoms with Crippen LogP contribution in [0, 0.1) is 6.92 Å². The molecule has 1 nitrogen and oxygen atoms in total. The maximum absolute atomic E-state index is 5.94. The van der Waals surface area contributed by atoms with Gasteiger partial charge in [-0.25, -0.2) is 0 Å². The van der Waals surface area contributed by atoms with E-state index in [9.17, 15) is 0 Å². The Labute approximate surface area is 111 Å². The molecule has 1 aromatic heterocycles. The highest BCUT2D eigenvalue weighted by molar-refractivity contribution is 7.16. The molecule has 0 saturated heterocycles. The van der Waals surface area contributed by atoms with E-state index in [4.69, 9.17) is 11.6 Å². The van der Waals surface area contributed by atoms with Crippen LogP contribution < -0.4 is 5.32 Å². The monoisotopic (exact) mass is 265 g/mol. The second kappa shape index (κ2) is 5.67. The molecule has 2 rings (SSSR count). The molecule has 0 aliphatic carbocycles. The minimum atomic E-state index is 0.340. The number of thiophene rings is 1. The van der Waals surface area contributed by atoms with Crippen molar-refractivity contribution in [1.29, 1.82) is 0 Å². The van der Waals surface area contributed by atoms with Gasteiger partial charge in [-0.3, -0.25) is 0 Å². The van der Waals surface area contributed by atoms with E-state index in [1.165, 1.54) is 16.0 Å². The van der Waals surface area contributed by atoms with E-state index < -0.39 is 0 Å². The maximum atomic E-state index is 5.94. The molecule has 0 spiro atoms. The van der Waals surface area contributed by atoms with Crippen molar-refractivity contribution in [3.8, 4) is 0 Å². The Morgan fingerprint density at radius 2 is 2.00 bits per heavy atom. The highest BCUT2D eigenvalue weighted by atomic mass is 35.5. The summed E-state index contributed by atoms with van der Waals surface area (Å²) in [7, 11) is 0. The normalized spacial score (nSPS) is 12.6. The van der Waals surface area contributed by atoms with Crippen molar-refractivity contribution in [2.75, 3.05) is 0 Å². The van der Waals surface area contributed by atoms with E-state index in [-0.39, 0.29) is 0 Å². The third kappa shape index (κ3) is 3.32. The van der Waals surface area contributed by atoms with Gasteiger partial charge in [0.2, 0.25) is 0 Å². The first kappa shape index (κ1) is 12.6. The molecule has 3 heteroatoms. The van der Waals surface area contributed by atoms with Crippen molar-refractivity contribution in [3.63, 3.8) is 0 Å². The predicted octanol–water partition coefficient (Wildman–Crippen LogP) is 4.56. The first-order valence-electron chi connectivity index (χ1n) is 5.70. The summed E-state index contributed by atoms with van der Waals surface area (Å²) in [6.45, 7) is 5.20. The number of nitrogens with one attached hydrogen (secondary N) is 1. The van der Waals surface area contributed by atoms with Crippen LogP contribution in [-0.4, -0.2) is 0 Å². The fraction of sp³-hybridized carbons (Fsp3) is 0.286. The Kier molecular flexibility index (Phi) is 4.21. The van der Waals surface area contributed by atoms with Crippen LogP contribution in [0.5, 0.6) is 0 Å². The second-order valence-corrected chi connectivity index (χ2v) is 5.92. The van der Waals surface area contributed by atoms with Crippen LogP contribution in [0.3, 0.4) is 0 Å². The van der Waals surface area contributed by atoms with Crippen LogP contribution in [0.15, 0.2) is 36.4 Å². The summed E-state index contributed by atoms with van der Waals surface area (Å²) in [5.74, 6) is 0. The standard InChI is InChI=1S/C14H16ClNS/c1-10-5-3-4-6-12(10)9-16-11(2)13-7-8-14(15)17-13/h3-8,11,16H,9H2,1-2H3. The Morgan fingerprint density at radius 3 is 2.65 bits per heavy atom. The second-order valence-electron chi connectivity index (χ2n) is 4.17. The molecule has 0 radical (unpaired) electrons. The summed E-state index contributed by atoms with van der Waals surface area (Å²) >= 11 is 7.58. The van der Waals surface area contributed by atoms with Crippen molar-refractivity contribution in [2.24, 2.45) is 0 Å². The van der Waals surface area contributed by atoms with E-state index in [0.717, 1.165) is 10.9 Å². The number of hydrogen-bond donors (Lipinski definition) is 1. The Balaban J connectivity index is 1.97. The Bertz CT molecular complexity index is 492. The topological polar surface area (TPSA) is 12.0 Å². The van der Waals surface area contributed by atoms with Gasteiger partial charge in [-0.15, -0.1) is 11.3 Å². The molecule has 0 amide bonds. The quantitative estimate of drug-likeness (QED) is 0.855. The van der Waals surface area contributed by atoms with Gasteiger partial charge in [0.05, 0.1) is 4.34 Å². The van der Waals surface area contributed by atoms with Crippen molar-refractivity contribution in [3.05, 3.63) is 56.7 Å². The molecule has 90 valence electrons. The lowest BCUT2D eigenvalue weighted by molar-refractivity contribution is 0.581. The number of hydrogen-bond acceptors (Lipinski definition) is 2. The molecule has 1 N–H and O–H groups in total. The highest BCUT2D eigenvalue weighted by Crippen LogP contribution is 2.26. The zero-order valence-electron chi connectivity index (χ0n) is 10.0. The fourth-order valence-electron chi connectivity index (χ4n) is 1.73. The van der Waals surface area contributed by atoms with Gasteiger partial charge in [-0.1, -0.05) is 35.9 Å². The minimum absolute atomic E-state index is 0.340. The molecule has 1 heterocycles. The third-order valence-corrected chi connectivity index (χ3v) is 4.29. The first-order chi connectivity index (χ1) is 8.16. The average molecular weight is 266 g/mol. The largest absolute Gasteiger partial charge is 0.305 e. The molecular formula is C14H16ClNS. The van der Waals surface area contributed by atoms with Crippen LogP contribution in [0.25, 0.3) is 0 Å². The van der Waals surface area contributed by atoms with E-state index >= 15 is 0 Å². The Hall–Kier alpha value is -0.830. The summed E-state index contributed by atoms with van der Waals surface area (Å²) < 4.78 is 0.851. The van der Waals surface area contributed by atoms with E-state index in [0.29, 0.717) is 6.04 Å². The van der Waals surface area contributed by atoms with Crippen LogP contribution >= 0.6 is 22.9 Å². The van der Waals surface area contributed by atoms with Gasteiger partial charge in [0, 0.05) is 17.5 Å².